The molecule has 1 aliphatic rings. The Kier molecular flexibility index (Phi) is 10.3. The van der Waals surface area contributed by atoms with E-state index in [0.29, 0.717) is 24.4 Å². The van der Waals surface area contributed by atoms with Crippen LogP contribution < -0.4 is 21.3 Å². The van der Waals surface area contributed by atoms with E-state index >= 15 is 0 Å². The Labute approximate surface area is 257 Å². The van der Waals surface area contributed by atoms with Gasteiger partial charge in [-0.1, -0.05) is 29.7 Å². The molecule has 1 aliphatic heterocycles. The van der Waals surface area contributed by atoms with Crippen LogP contribution >= 0.6 is 11.6 Å². The van der Waals surface area contributed by atoms with E-state index in [1.54, 1.807) is 19.9 Å². The number of hydrogen-bond donors (Lipinski definition) is 3. The maximum atomic E-state index is 14.8. The van der Waals surface area contributed by atoms with Crippen molar-refractivity contribution in [1.29, 1.82) is 0 Å². The molecule has 0 unspecified atom stereocenters. The van der Waals surface area contributed by atoms with E-state index in [4.69, 9.17) is 22.1 Å². The van der Waals surface area contributed by atoms with Gasteiger partial charge in [-0.15, -0.1) is 0 Å². The second-order valence-electron chi connectivity index (χ2n) is 10.5. The summed E-state index contributed by atoms with van der Waals surface area (Å²) in [7, 11) is 0. The average molecular weight is 627 g/mol. The van der Waals surface area contributed by atoms with Crippen LogP contribution in [0.5, 0.6) is 0 Å². The van der Waals surface area contributed by atoms with Gasteiger partial charge in [-0.2, -0.15) is 0 Å². The molecule has 0 atom stereocenters. The van der Waals surface area contributed by atoms with E-state index in [0.717, 1.165) is 12.1 Å². The lowest BCUT2D eigenvalue weighted by Gasteiger charge is -2.21. The van der Waals surface area contributed by atoms with Crippen molar-refractivity contribution in [2.75, 3.05) is 31.2 Å². The quantitative estimate of drug-likeness (QED) is 0.233. The summed E-state index contributed by atoms with van der Waals surface area (Å²) in [5.74, 6) is 0.572. The maximum Gasteiger partial charge on any atom is 0.296 e. The number of fused-ring (bicyclic) bond motifs is 1. The van der Waals surface area contributed by atoms with Gasteiger partial charge >= 0.3 is 0 Å². The number of benzene rings is 3. The third-order valence-corrected chi connectivity index (χ3v) is 7.42. The maximum absolute atomic E-state index is 14.8. The second-order valence-corrected chi connectivity index (χ2v) is 10.9. The third kappa shape index (κ3) is 7.22. The number of anilines is 1. The number of nitrogens with zero attached hydrogens (tertiary/aromatic N) is 1. The molecule has 8 nitrogen and oxygen atoms in total. The summed E-state index contributed by atoms with van der Waals surface area (Å²) in [4.78, 5) is 39.5. The molecule has 0 saturated heterocycles. The number of nitrogens with one attached hydrogen (secondary N) is 2. The lowest BCUT2D eigenvalue weighted by Crippen LogP contribution is -2.36. The first kappa shape index (κ1) is 32.5. The molecule has 0 spiro atoms. The third-order valence-electron chi connectivity index (χ3n) is 7.06. The molecular weight excluding hydrogens is 597 g/mol. The minimum atomic E-state index is -0.959. The van der Waals surface area contributed by atoms with Crippen LogP contribution in [-0.2, 0) is 32.8 Å². The molecule has 12 heteroatoms. The Hall–Kier alpha value is -4.37. The number of ether oxygens (including phenoxy) is 1. The Morgan fingerprint density at radius 3 is 2.41 bits per heavy atom. The summed E-state index contributed by atoms with van der Waals surface area (Å²) in [5.41, 5.74) is 5.18. The largest absolute Gasteiger partial charge is 0.378 e. The van der Waals surface area contributed by atoms with Gasteiger partial charge in [0.15, 0.2) is 0 Å². The zero-order valence-electron chi connectivity index (χ0n) is 24.0. The molecule has 3 aromatic carbocycles. The topological polar surface area (TPSA) is 114 Å². The number of carbonyl (C=O) groups excluding carboxylic acids is 3. The van der Waals surface area contributed by atoms with Crippen LogP contribution in [0.15, 0.2) is 48.5 Å². The first-order chi connectivity index (χ1) is 20.9. The molecule has 0 aromatic heterocycles. The average Bonchev–Trinajstić information content (AvgIpc) is 3.17. The van der Waals surface area contributed by atoms with Gasteiger partial charge in [0.05, 0.1) is 25.2 Å². The van der Waals surface area contributed by atoms with Gasteiger partial charge in [-0.25, -0.2) is 13.2 Å². The van der Waals surface area contributed by atoms with E-state index in [2.05, 4.69) is 22.5 Å². The SMILES string of the molecule is CC1(C)C(=O)N(Cc2c(F)cccc2Cl)c2cc(C(=O)NCc3c(F)cc(C#CC(=O)NCCOCCN)cc3F)ccc21. The lowest BCUT2D eigenvalue weighted by molar-refractivity contribution is -0.122. The van der Waals surface area contributed by atoms with Gasteiger partial charge in [-0.3, -0.25) is 14.4 Å². The number of halogens is 4. The van der Waals surface area contributed by atoms with Crippen molar-refractivity contribution in [2.45, 2.75) is 32.4 Å². The summed E-state index contributed by atoms with van der Waals surface area (Å²) in [6, 6.07) is 10.8. The van der Waals surface area contributed by atoms with E-state index in [9.17, 15) is 27.6 Å². The number of amides is 3. The molecule has 0 radical (unpaired) electrons. The fourth-order valence-electron chi connectivity index (χ4n) is 4.70. The van der Waals surface area contributed by atoms with Crippen LogP contribution in [0.2, 0.25) is 5.02 Å². The lowest BCUT2D eigenvalue weighted by atomic mass is 9.86. The van der Waals surface area contributed by atoms with E-state index < -0.39 is 46.8 Å². The van der Waals surface area contributed by atoms with Gasteiger partial charge in [0, 0.05) is 58.5 Å². The molecule has 3 amide bonds. The Morgan fingerprint density at radius 2 is 1.73 bits per heavy atom. The van der Waals surface area contributed by atoms with E-state index in [-0.39, 0.29) is 47.3 Å². The molecule has 1 heterocycles. The van der Waals surface area contributed by atoms with Gasteiger partial charge < -0.3 is 26.0 Å². The van der Waals surface area contributed by atoms with Crippen LogP contribution in [0.25, 0.3) is 0 Å². The molecule has 44 heavy (non-hydrogen) atoms. The minimum Gasteiger partial charge on any atom is -0.378 e. The summed E-state index contributed by atoms with van der Waals surface area (Å²) >= 11 is 6.20. The molecular formula is C32H30ClF3N4O4. The van der Waals surface area contributed by atoms with Crippen molar-refractivity contribution in [1.82, 2.24) is 10.6 Å². The molecule has 3 aromatic rings. The predicted molar refractivity (Wildman–Crippen MR) is 159 cm³/mol. The molecule has 4 rings (SSSR count). The smallest absolute Gasteiger partial charge is 0.296 e. The highest BCUT2D eigenvalue weighted by Crippen LogP contribution is 2.43. The molecule has 0 saturated carbocycles. The summed E-state index contributed by atoms with van der Waals surface area (Å²) in [6.07, 6.45) is 0. The molecule has 4 N–H and O–H groups in total. The van der Waals surface area contributed by atoms with Gasteiger partial charge in [0.2, 0.25) is 5.91 Å². The highest BCUT2D eigenvalue weighted by Gasteiger charge is 2.44. The Balaban J connectivity index is 1.46. The first-order valence-electron chi connectivity index (χ1n) is 13.7. The van der Waals surface area contributed by atoms with Gasteiger partial charge in [-0.05, 0) is 55.8 Å². The van der Waals surface area contributed by atoms with Crippen LogP contribution in [0.3, 0.4) is 0 Å². The Bertz CT molecular complexity index is 1630. The highest BCUT2D eigenvalue weighted by molar-refractivity contribution is 6.31. The number of nitrogens with two attached hydrogens (primary N) is 1. The van der Waals surface area contributed by atoms with Crippen molar-refractivity contribution >= 4 is 35.0 Å². The number of hydrogen-bond acceptors (Lipinski definition) is 5. The van der Waals surface area contributed by atoms with Crippen molar-refractivity contribution < 1.29 is 32.3 Å². The minimum absolute atomic E-state index is 0.0643. The monoisotopic (exact) mass is 626 g/mol. The van der Waals surface area contributed by atoms with Crippen molar-refractivity contribution in [2.24, 2.45) is 5.73 Å². The molecule has 0 aliphatic carbocycles. The summed E-state index contributed by atoms with van der Waals surface area (Å²) in [6.45, 7) is 3.97. The van der Waals surface area contributed by atoms with Crippen LogP contribution in [0.4, 0.5) is 18.9 Å². The summed E-state index contributed by atoms with van der Waals surface area (Å²) in [5, 5.41) is 5.13. The molecule has 0 bridgehead atoms. The number of rotatable bonds is 10. The number of carbonyl (C=O) groups is 3. The van der Waals surface area contributed by atoms with Gasteiger partial charge in [0.1, 0.15) is 17.5 Å². The zero-order valence-corrected chi connectivity index (χ0v) is 24.8. The highest BCUT2D eigenvalue weighted by atomic mass is 35.5. The fraction of sp³-hybridized carbons (Fsp3) is 0.281. The molecule has 0 fully saturated rings. The van der Waals surface area contributed by atoms with Crippen molar-refractivity contribution in [3.63, 3.8) is 0 Å². The van der Waals surface area contributed by atoms with Crippen molar-refractivity contribution in [3.05, 3.63) is 98.8 Å². The van der Waals surface area contributed by atoms with Gasteiger partial charge in [0.25, 0.3) is 11.8 Å². The predicted octanol–water partition coefficient (Wildman–Crippen LogP) is 3.95. The normalized spacial score (nSPS) is 13.2. The van der Waals surface area contributed by atoms with E-state index in [1.807, 2.05) is 0 Å². The standard InChI is InChI=1S/C32H30ClF3N4O4/c1-32(2)23-8-7-20(16-28(23)40(31(32)43)18-22-24(33)4-3-5-25(22)34)30(42)39-17-21-26(35)14-19(15-27(21)36)6-9-29(41)38-11-13-44-12-10-37/h3-5,7-8,14-16H,10-13,17-18,37H2,1-2H3,(H,38,41)(H,39,42). The van der Waals surface area contributed by atoms with Crippen LogP contribution in [0.1, 0.15) is 46.5 Å². The second kappa shape index (κ2) is 13.9. The fourth-order valence-corrected chi connectivity index (χ4v) is 4.92. The summed E-state index contributed by atoms with van der Waals surface area (Å²) < 4.78 is 49.2. The van der Waals surface area contributed by atoms with Crippen LogP contribution in [-0.4, -0.2) is 44.0 Å². The van der Waals surface area contributed by atoms with E-state index in [1.165, 1.54) is 35.2 Å². The first-order valence-corrected chi connectivity index (χ1v) is 14.0. The van der Waals surface area contributed by atoms with Crippen molar-refractivity contribution in [3.8, 4) is 11.8 Å². The molecule has 230 valence electrons. The zero-order chi connectivity index (χ0) is 32.0. The van der Waals surface area contributed by atoms with Crippen LogP contribution in [0, 0.1) is 29.3 Å². The Morgan fingerprint density at radius 1 is 1.00 bits per heavy atom.